The van der Waals surface area contributed by atoms with Gasteiger partial charge in [-0.2, -0.15) is 0 Å². The minimum Gasteiger partial charge on any atom is -0.369 e. The van der Waals surface area contributed by atoms with E-state index in [1.54, 1.807) is 6.07 Å². The summed E-state index contributed by atoms with van der Waals surface area (Å²) in [7, 11) is 1.95. The third-order valence-corrected chi connectivity index (χ3v) is 4.30. The maximum absolute atomic E-state index is 11.1. The Morgan fingerprint density at radius 3 is 2.68 bits per heavy atom. The lowest BCUT2D eigenvalue weighted by Crippen LogP contribution is -2.27. The molecular formula is C14H19BrN2O2. The molecule has 19 heavy (non-hydrogen) atoms. The Morgan fingerprint density at radius 1 is 1.37 bits per heavy atom. The summed E-state index contributed by atoms with van der Waals surface area (Å²) in [6, 6.07) is 5.26. The van der Waals surface area contributed by atoms with E-state index in [2.05, 4.69) is 15.9 Å². The minimum atomic E-state index is -0.308. The van der Waals surface area contributed by atoms with Gasteiger partial charge in [0, 0.05) is 24.1 Å². The molecular weight excluding hydrogens is 308 g/mol. The van der Waals surface area contributed by atoms with Gasteiger partial charge in [-0.25, -0.2) is 0 Å². The fourth-order valence-electron chi connectivity index (χ4n) is 2.82. The molecule has 1 fully saturated rings. The van der Waals surface area contributed by atoms with Crippen molar-refractivity contribution in [3.05, 3.63) is 32.8 Å². The molecule has 1 aliphatic carbocycles. The molecule has 4 nitrogen and oxygen atoms in total. The van der Waals surface area contributed by atoms with E-state index >= 15 is 0 Å². The molecule has 0 amide bonds. The summed E-state index contributed by atoms with van der Waals surface area (Å²) >= 11 is 3.29. The molecule has 1 aromatic rings. The van der Waals surface area contributed by atoms with E-state index in [1.165, 1.54) is 32.1 Å². The number of hydrogen-bond acceptors (Lipinski definition) is 3. The molecule has 5 heteroatoms. The summed E-state index contributed by atoms with van der Waals surface area (Å²) in [6.07, 6.45) is 6.41. The molecule has 1 saturated carbocycles. The van der Waals surface area contributed by atoms with E-state index < -0.39 is 0 Å². The van der Waals surface area contributed by atoms with E-state index in [0.29, 0.717) is 11.6 Å². The van der Waals surface area contributed by atoms with Gasteiger partial charge in [-0.1, -0.05) is 35.2 Å². The van der Waals surface area contributed by atoms with Crippen molar-refractivity contribution in [2.45, 2.75) is 32.1 Å². The molecule has 0 aromatic heterocycles. The van der Waals surface area contributed by atoms with E-state index in [9.17, 15) is 10.1 Å². The summed E-state index contributed by atoms with van der Waals surface area (Å²) in [4.78, 5) is 12.8. The minimum absolute atomic E-state index is 0.174. The molecule has 2 rings (SSSR count). The Morgan fingerprint density at radius 2 is 2.05 bits per heavy atom. The third-order valence-electron chi connectivity index (χ3n) is 3.80. The molecule has 0 N–H and O–H groups in total. The standard InChI is InChI=1S/C14H19BrN2O2/c1-16(10-11-5-3-2-4-6-11)13-8-7-12(15)9-14(13)17(18)19/h7-9,11H,2-6,10H2,1H3. The van der Waals surface area contributed by atoms with Crippen molar-refractivity contribution in [1.29, 1.82) is 0 Å². The molecule has 0 unspecified atom stereocenters. The van der Waals surface area contributed by atoms with Crippen LogP contribution < -0.4 is 4.90 Å². The van der Waals surface area contributed by atoms with Crippen LogP contribution >= 0.6 is 15.9 Å². The van der Waals surface area contributed by atoms with Gasteiger partial charge in [0.15, 0.2) is 0 Å². The van der Waals surface area contributed by atoms with Crippen LogP contribution in [0.15, 0.2) is 22.7 Å². The second-order valence-corrected chi connectivity index (χ2v) is 6.19. The highest BCUT2D eigenvalue weighted by atomic mass is 79.9. The highest BCUT2D eigenvalue weighted by Gasteiger charge is 2.21. The Balaban J connectivity index is 2.13. The molecule has 1 aliphatic rings. The first kappa shape index (κ1) is 14.3. The zero-order valence-corrected chi connectivity index (χ0v) is 12.7. The molecule has 0 radical (unpaired) electrons. The van der Waals surface area contributed by atoms with Crippen LogP contribution in [-0.2, 0) is 0 Å². The van der Waals surface area contributed by atoms with Crippen LogP contribution in [0.1, 0.15) is 32.1 Å². The normalized spacial score (nSPS) is 16.3. The van der Waals surface area contributed by atoms with Crippen molar-refractivity contribution in [2.24, 2.45) is 5.92 Å². The average Bonchev–Trinajstić information content (AvgIpc) is 2.39. The van der Waals surface area contributed by atoms with Crippen molar-refractivity contribution < 1.29 is 4.92 Å². The molecule has 0 saturated heterocycles. The van der Waals surface area contributed by atoms with E-state index in [-0.39, 0.29) is 10.6 Å². The topological polar surface area (TPSA) is 46.4 Å². The first-order chi connectivity index (χ1) is 9.08. The quantitative estimate of drug-likeness (QED) is 0.609. The van der Waals surface area contributed by atoms with Crippen molar-refractivity contribution >= 4 is 27.3 Å². The van der Waals surface area contributed by atoms with Crippen LogP contribution in [0.2, 0.25) is 0 Å². The number of nitro benzene ring substituents is 1. The van der Waals surface area contributed by atoms with Gasteiger partial charge in [-0.3, -0.25) is 10.1 Å². The number of nitrogens with zero attached hydrogens (tertiary/aromatic N) is 2. The first-order valence-corrected chi connectivity index (χ1v) is 7.52. The lowest BCUT2D eigenvalue weighted by atomic mass is 9.89. The van der Waals surface area contributed by atoms with Gasteiger partial charge in [0.2, 0.25) is 0 Å². The van der Waals surface area contributed by atoms with Gasteiger partial charge in [-0.15, -0.1) is 0 Å². The smallest absolute Gasteiger partial charge is 0.293 e. The van der Waals surface area contributed by atoms with E-state index in [0.717, 1.165) is 11.0 Å². The summed E-state index contributed by atoms with van der Waals surface area (Å²) < 4.78 is 0.744. The molecule has 0 atom stereocenters. The van der Waals surface area contributed by atoms with Crippen molar-refractivity contribution in [2.75, 3.05) is 18.5 Å². The molecule has 0 bridgehead atoms. The van der Waals surface area contributed by atoms with Crippen LogP contribution in [0.25, 0.3) is 0 Å². The number of nitro groups is 1. The number of anilines is 1. The zero-order chi connectivity index (χ0) is 13.8. The summed E-state index contributed by atoms with van der Waals surface area (Å²) in [6.45, 7) is 0.905. The lowest BCUT2D eigenvalue weighted by molar-refractivity contribution is -0.384. The van der Waals surface area contributed by atoms with Crippen LogP contribution in [0, 0.1) is 16.0 Å². The molecule has 0 spiro atoms. The second-order valence-electron chi connectivity index (χ2n) is 5.27. The predicted molar refractivity (Wildman–Crippen MR) is 80.6 cm³/mol. The van der Waals surface area contributed by atoms with Crippen molar-refractivity contribution in [3.63, 3.8) is 0 Å². The highest BCUT2D eigenvalue weighted by Crippen LogP contribution is 2.32. The van der Waals surface area contributed by atoms with E-state index in [1.807, 2.05) is 24.1 Å². The van der Waals surface area contributed by atoms with Crippen LogP contribution in [0.4, 0.5) is 11.4 Å². The average molecular weight is 327 g/mol. The van der Waals surface area contributed by atoms with Crippen molar-refractivity contribution in [3.8, 4) is 0 Å². The molecule has 0 aliphatic heterocycles. The molecule has 0 heterocycles. The van der Waals surface area contributed by atoms with Crippen LogP contribution in [0.5, 0.6) is 0 Å². The monoisotopic (exact) mass is 326 g/mol. The van der Waals surface area contributed by atoms with Crippen LogP contribution in [-0.4, -0.2) is 18.5 Å². The Bertz CT molecular complexity index is 459. The molecule has 1 aromatic carbocycles. The third kappa shape index (κ3) is 3.69. The number of halogens is 1. The van der Waals surface area contributed by atoms with Gasteiger partial charge < -0.3 is 4.90 Å². The fraction of sp³-hybridized carbons (Fsp3) is 0.571. The van der Waals surface area contributed by atoms with Gasteiger partial charge in [0.05, 0.1) is 4.92 Å². The Labute approximate surface area is 122 Å². The maximum atomic E-state index is 11.1. The van der Waals surface area contributed by atoms with Gasteiger partial charge in [0.25, 0.3) is 5.69 Å². The summed E-state index contributed by atoms with van der Waals surface area (Å²) in [5.41, 5.74) is 0.881. The zero-order valence-electron chi connectivity index (χ0n) is 11.1. The molecule has 104 valence electrons. The SMILES string of the molecule is CN(CC1CCCCC1)c1ccc(Br)cc1[N+](=O)[O-]. The Kier molecular flexibility index (Phi) is 4.80. The van der Waals surface area contributed by atoms with Gasteiger partial charge in [-0.05, 0) is 30.9 Å². The van der Waals surface area contributed by atoms with Gasteiger partial charge in [0.1, 0.15) is 5.69 Å². The first-order valence-electron chi connectivity index (χ1n) is 6.73. The lowest BCUT2D eigenvalue weighted by Gasteiger charge is -2.28. The Hall–Kier alpha value is -1.10. The number of benzene rings is 1. The summed E-state index contributed by atoms with van der Waals surface area (Å²) in [5, 5.41) is 11.1. The number of hydrogen-bond donors (Lipinski definition) is 0. The van der Waals surface area contributed by atoms with Crippen LogP contribution in [0.3, 0.4) is 0 Å². The largest absolute Gasteiger partial charge is 0.369 e. The maximum Gasteiger partial charge on any atom is 0.293 e. The highest BCUT2D eigenvalue weighted by molar-refractivity contribution is 9.10. The number of rotatable bonds is 4. The predicted octanol–water partition coefficient (Wildman–Crippen LogP) is 4.37. The fourth-order valence-corrected chi connectivity index (χ4v) is 3.17. The second kappa shape index (κ2) is 6.37. The summed E-state index contributed by atoms with van der Waals surface area (Å²) in [5.74, 6) is 0.669. The van der Waals surface area contributed by atoms with Gasteiger partial charge >= 0.3 is 0 Å². The van der Waals surface area contributed by atoms with Crippen molar-refractivity contribution in [1.82, 2.24) is 0 Å². The van der Waals surface area contributed by atoms with E-state index in [4.69, 9.17) is 0 Å².